The summed E-state index contributed by atoms with van der Waals surface area (Å²) in [4.78, 5) is 11.2. The Morgan fingerprint density at radius 1 is 1.48 bits per heavy atom. The maximum Gasteiger partial charge on any atom is 0.307 e. The van der Waals surface area contributed by atoms with E-state index in [0.29, 0.717) is 24.5 Å². The molecular weight excluding hydrogens is 338 g/mol. The highest BCUT2D eigenvalue weighted by Crippen LogP contribution is 2.45. The summed E-state index contributed by atoms with van der Waals surface area (Å²) in [5, 5.41) is 12.4. The van der Waals surface area contributed by atoms with Crippen LogP contribution in [0, 0.1) is 5.92 Å². The second kappa shape index (κ2) is 6.66. The molecule has 2 rings (SSSR count). The van der Waals surface area contributed by atoms with Gasteiger partial charge in [0.1, 0.15) is 0 Å². The number of carbonyl (C=O) groups is 1. The fourth-order valence-electron chi connectivity index (χ4n) is 2.77. The molecule has 1 aliphatic rings. The normalized spacial score (nSPS) is 21.3. The lowest BCUT2D eigenvalue weighted by Crippen LogP contribution is -2.18. The van der Waals surface area contributed by atoms with E-state index in [-0.39, 0.29) is 12.0 Å². The van der Waals surface area contributed by atoms with E-state index >= 15 is 0 Å². The molecule has 2 N–H and O–H groups in total. The summed E-state index contributed by atoms with van der Waals surface area (Å²) in [5.41, 5.74) is 2.06. The van der Waals surface area contributed by atoms with E-state index in [1.807, 2.05) is 6.07 Å². The molecule has 0 spiro atoms. The van der Waals surface area contributed by atoms with Crippen LogP contribution in [0.3, 0.4) is 0 Å². The third-order valence-corrected chi connectivity index (χ3v) is 4.86. The number of nitrogens with one attached hydrogen (secondary N) is 1. The summed E-state index contributed by atoms with van der Waals surface area (Å²) >= 11 is 3.64. The van der Waals surface area contributed by atoms with E-state index in [2.05, 4.69) is 28.2 Å². The van der Waals surface area contributed by atoms with Crippen LogP contribution < -0.4 is 14.8 Å². The van der Waals surface area contributed by atoms with Crippen molar-refractivity contribution in [2.75, 3.05) is 20.8 Å². The highest BCUT2D eigenvalue weighted by molar-refractivity contribution is 9.10. The van der Waals surface area contributed by atoms with Crippen LogP contribution in [0.4, 0.5) is 0 Å². The molecule has 6 heteroatoms. The van der Waals surface area contributed by atoms with Gasteiger partial charge < -0.3 is 19.9 Å². The van der Waals surface area contributed by atoms with Gasteiger partial charge in [-0.2, -0.15) is 0 Å². The van der Waals surface area contributed by atoms with Crippen LogP contribution in [-0.4, -0.2) is 31.8 Å². The first-order valence-corrected chi connectivity index (χ1v) is 7.72. The molecule has 0 radical (unpaired) electrons. The SMILES string of the molecule is CCc1cc(OC)c(OC)c(C2CC(C(=O)O)CN2)c1Br. The quantitative estimate of drug-likeness (QED) is 0.847. The zero-order valence-corrected chi connectivity index (χ0v) is 14.0. The molecule has 1 fully saturated rings. The van der Waals surface area contributed by atoms with Crippen molar-refractivity contribution in [3.8, 4) is 11.5 Å². The number of aliphatic carboxylic acids is 1. The molecule has 21 heavy (non-hydrogen) atoms. The Bertz CT molecular complexity index is 547. The highest BCUT2D eigenvalue weighted by Gasteiger charge is 2.34. The number of hydrogen-bond donors (Lipinski definition) is 2. The molecule has 1 heterocycles. The number of halogens is 1. The van der Waals surface area contributed by atoms with E-state index in [9.17, 15) is 4.79 Å². The Morgan fingerprint density at radius 3 is 2.67 bits per heavy atom. The van der Waals surface area contributed by atoms with Gasteiger partial charge in [0.25, 0.3) is 0 Å². The predicted octanol–water partition coefficient (Wildman–Crippen LogP) is 2.76. The van der Waals surface area contributed by atoms with E-state index in [4.69, 9.17) is 14.6 Å². The van der Waals surface area contributed by atoms with E-state index in [1.54, 1.807) is 14.2 Å². The van der Waals surface area contributed by atoms with Crippen LogP contribution in [0.2, 0.25) is 0 Å². The van der Waals surface area contributed by atoms with Crippen molar-refractivity contribution in [1.29, 1.82) is 0 Å². The number of carboxylic acid groups (broad SMARTS) is 1. The number of rotatable bonds is 5. The topological polar surface area (TPSA) is 67.8 Å². The van der Waals surface area contributed by atoms with Crippen molar-refractivity contribution in [2.24, 2.45) is 5.92 Å². The first kappa shape index (κ1) is 16.1. The molecule has 0 amide bonds. The van der Waals surface area contributed by atoms with Gasteiger partial charge in [-0.15, -0.1) is 0 Å². The first-order valence-electron chi connectivity index (χ1n) is 6.92. The van der Waals surface area contributed by atoms with Crippen LogP contribution in [-0.2, 0) is 11.2 Å². The monoisotopic (exact) mass is 357 g/mol. The molecule has 0 aromatic heterocycles. The fraction of sp³-hybridized carbons (Fsp3) is 0.533. The second-order valence-electron chi connectivity index (χ2n) is 5.08. The van der Waals surface area contributed by atoms with Crippen LogP contribution in [0.5, 0.6) is 11.5 Å². The molecule has 0 aliphatic carbocycles. The second-order valence-corrected chi connectivity index (χ2v) is 5.88. The lowest BCUT2D eigenvalue weighted by Gasteiger charge is -2.21. The van der Waals surface area contributed by atoms with Gasteiger partial charge in [-0.05, 0) is 24.5 Å². The first-order chi connectivity index (χ1) is 10.0. The lowest BCUT2D eigenvalue weighted by atomic mass is 9.96. The lowest BCUT2D eigenvalue weighted by molar-refractivity contribution is -0.141. The number of hydrogen-bond acceptors (Lipinski definition) is 4. The molecule has 0 saturated carbocycles. The van der Waals surface area contributed by atoms with Crippen LogP contribution in [0.15, 0.2) is 10.5 Å². The molecular formula is C15H20BrNO4. The Morgan fingerprint density at radius 2 is 2.19 bits per heavy atom. The third kappa shape index (κ3) is 3.01. The minimum Gasteiger partial charge on any atom is -0.493 e. The minimum atomic E-state index is -0.765. The Kier molecular flexibility index (Phi) is 5.11. The van der Waals surface area contributed by atoms with Crippen molar-refractivity contribution < 1.29 is 19.4 Å². The van der Waals surface area contributed by atoms with Crippen LogP contribution in [0.25, 0.3) is 0 Å². The molecule has 5 nitrogen and oxygen atoms in total. The molecule has 1 aromatic rings. The van der Waals surface area contributed by atoms with Gasteiger partial charge in [-0.1, -0.05) is 22.9 Å². The summed E-state index contributed by atoms with van der Waals surface area (Å²) in [7, 11) is 3.21. The van der Waals surface area contributed by atoms with Crippen molar-refractivity contribution >= 4 is 21.9 Å². The third-order valence-electron chi connectivity index (χ3n) is 3.93. The molecule has 0 bridgehead atoms. The average molecular weight is 358 g/mol. The summed E-state index contributed by atoms with van der Waals surface area (Å²) < 4.78 is 11.9. The maximum atomic E-state index is 11.2. The number of benzene rings is 1. The van der Waals surface area contributed by atoms with Crippen LogP contribution >= 0.6 is 15.9 Å². The molecule has 2 unspecified atom stereocenters. The Hall–Kier alpha value is -1.27. The number of aryl methyl sites for hydroxylation is 1. The number of methoxy groups -OCH3 is 2. The Labute approximate surface area is 132 Å². The maximum absolute atomic E-state index is 11.2. The summed E-state index contributed by atoms with van der Waals surface area (Å²) in [5.74, 6) is 0.194. The molecule has 1 aliphatic heterocycles. The van der Waals surface area contributed by atoms with Gasteiger partial charge >= 0.3 is 5.97 Å². The number of carboxylic acids is 1. The molecule has 2 atom stereocenters. The van der Waals surface area contributed by atoms with E-state index < -0.39 is 5.97 Å². The molecule has 1 saturated heterocycles. The zero-order chi connectivity index (χ0) is 15.6. The standard InChI is InChI=1S/C15H20BrNO4/c1-4-8-6-11(20-2)14(21-3)12(13(8)16)10-5-9(7-17-10)15(18)19/h6,9-10,17H,4-5,7H2,1-3H3,(H,18,19). The van der Waals surface area contributed by atoms with Crippen molar-refractivity contribution in [1.82, 2.24) is 5.32 Å². The molecule has 116 valence electrons. The molecule has 1 aromatic carbocycles. The fourth-order valence-corrected chi connectivity index (χ4v) is 3.62. The summed E-state index contributed by atoms with van der Waals surface area (Å²) in [6.07, 6.45) is 1.39. The van der Waals surface area contributed by atoms with Crippen LogP contribution in [0.1, 0.15) is 30.5 Å². The smallest absolute Gasteiger partial charge is 0.307 e. The predicted molar refractivity (Wildman–Crippen MR) is 83.1 cm³/mol. The van der Waals surface area contributed by atoms with Gasteiger partial charge in [-0.3, -0.25) is 4.79 Å². The largest absolute Gasteiger partial charge is 0.493 e. The number of ether oxygens (including phenoxy) is 2. The summed E-state index contributed by atoms with van der Waals surface area (Å²) in [6, 6.07) is 1.89. The van der Waals surface area contributed by atoms with E-state index in [0.717, 1.165) is 22.0 Å². The minimum absolute atomic E-state index is 0.0594. The highest BCUT2D eigenvalue weighted by atomic mass is 79.9. The van der Waals surface area contributed by atoms with Gasteiger partial charge in [0, 0.05) is 22.6 Å². The van der Waals surface area contributed by atoms with Crippen molar-refractivity contribution in [3.05, 3.63) is 21.7 Å². The van der Waals surface area contributed by atoms with Crippen molar-refractivity contribution in [2.45, 2.75) is 25.8 Å². The van der Waals surface area contributed by atoms with E-state index in [1.165, 1.54) is 0 Å². The Balaban J connectivity index is 2.48. The average Bonchev–Trinajstić information content (AvgIpc) is 2.96. The van der Waals surface area contributed by atoms with Gasteiger partial charge in [0.05, 0.1) is 20.1 Å². The van der Waals surface area contributed by atoms with Gasteiger partial charge in [-0.25, -0.2) is 0 Å². The van der Waals surface area contributed by atoms with Gasteiger partial charge in [0.2, 0.25) is 0 Å². The van der Waals surface area contributed by atoms with Gasteiger partial charge in [0.15, 0.2) is 11.5 Å². The van der Waals surface area contributed by atoms with Crippen molar-refractivity contribution in [3.63, 3.8) is 0 Å². The summed E-state index contributed by atoms with van der Waals surface area (Å²) in [6.45, 7) is 2.53. The zero-order valence-electron chi connectivity index (χ0n) is 12.4.